The van der Waals surface area contributed by atoms with Crippen molar-refractivity contribution >= 4 is 0 Å². The van der Waals surface area contributed by atoms with Crippen molar-refractivity contribution in [3.63, 3.8) is 0 Å². The first-order valence-electron chi connectivity index (χ1n) is 5.51. The van der Waals surface area contributed by atoms with Crippen molar-refractivity contribution in [2.75, 3.05) is 0 Å². The van der Waals surface area contributed by atoms with E-state index in [0.29, 0.717) is 11.6 Å². The van der Waals surface area contributed by atoms with Gasteiger partial charge in [0, 0.05) is 6.07 Å². The Labute approximate surface area is 101 Å². The van der Waals surface area contributed by atoms with Gasteiger partial charge in [0.1, 0.15) is 5.75 Å². The molecular formula is C14H15NO2. The zero-order valence-electron chi connectivity index (χ0n) is 9.97. The fraction of sp³-hybridized carbons (Fsp3) is 0.214. The molecule has 0 radical (unpaired) electrons. The Morgan fingerprint density at radius 2 is 1.88 bits per heavy atom. The molecule has 0 spiro atoms. The van der Waals surface area contributed by atoms with Crippen LogP contribution in [0.4, 0.5) is 0 Å². The maximum absolute atomic E-state index is 9.01. The normalized spacial score (nSPS) is 10.3. The number of aromatic nitrogens is 1. The van der Waals surface area contributed by atoms with E-state index in [0.717, 1.165) is 11.3 Å². The zero-order valence-corrected chi connectivity index (χ0v) is 9.97. The molecule has 0 saturated carbocycles. The SMILES string of the molecule is Cc1cccc(Oc2cccc(CO)n2)c1C. The van der Waals surface area contributed by atoms with Gasteiger partial charge in [-0.2, -0.15) is 0 Å². The van der Waals surface area contributed by atoms with Gasteiger partial charge >= 0.3 is 0 Å². The van der Waals surface area contributed by atoms with Crippen molar-refractivity contribution in [1.29, 1.82) is 0 Å². The van der Waals surface area contributed by atoms with Crippen molar-refractivity contribution in [2.24, 2.45) is 0 Å². The standard InChI is InChI=1S/C14H15NO2/c1-10-5-3-7-13(11(10)2)17-14-8-4-6-12(9-16)15-14/h3-8,16H,9H2,1-2H3. The lowest BCUT2D eigenvalue weighted by molar-refractivity contribution is 0.275. The molecule has 1 aromatic heterocycles. The number of aryl methyl sites for hydroxylation is 1. The van der Waals surface area contributed by atoms with Gasteiger partial charge in [0.15, 0.2) is 0 Å². The number of aliphatic hydroxyl groups excluding tert-OH is 1. The summed E-state index contributed by atoms with van der Waals surface area (Å²) in [5.74, 6) is 1.30. The summed E-state index contributed by atoms with van der Waals surface area (Å²) in [7, 11) is 0. The van der Waals surface area contributed by atoms with Gasteiger partial charge in [0.05, 0.1) is 12.3 Å². The molecule has 3 heteroatoms. The Hall–Kier alpha value is -1.87. The lowest BCUT2D eigenvalue weighted by Gasteiger charge is -2.10. The van der Waals surface area contributed by atoms with Gasteiger partial charge in [0.2, 0.25) is 5.88 Å². The van der Waals surface area contributed by atoms with Gasteiger partial charge in [-0.25, -0.2) is 4.98 Å². The van der Waals surface area contributed by atoms with Crippen LogP contribution in [0.25, 0.3) is 0 Å². The van der Waals surface area contributed by atoms with E-state index >= 15 is 0 Å². The second-order valence-electron chi connectivity index (χ2n) is 3.93. The molecule has 2 rings (SSSR count). The van der Waals surface area contributed by atoms with Crippen LogP contribution >= 0.6 is 0 Å². The summed E-state index contributed by atoms with van der Waals surface area (Å²) in [6, 6.07) is 11.3. The van der Waals surface area contributed by atoms with Gasteiger partial charge in [-0.05, 0) is 37.1 Å². The van der Waals surface area contributed by atoms with Crippen LogP contribution in [-0.4, -0.2) is 10.1 Å². The van der Waals surface area contributed by atoms with Gasteiger partial charge in [-0.15, -0.1) is 0 Å². The molecule has 0 amide bonds. The van der Waals surface area contributed by atoms with Gasteiger partial charge in [-0.3, -0.25) is 0 Å². The minimum Gasteiger partial charge on any atom is -0.439 e. The Morgan fingerprint density at radius 3 is 2.65 bits per heavy atom. The van der Waals surface area contributed by atoms with Crippen molar-refractivity contribution < 1.29 is 9.84 Å². The lowest BCUT2D eigenvalue weighted by Crippen LogP contribution is -1.94. The third kappa shape index (κ3) is 2.63. The predicted molar refractivity (Wildman–Crippen MR) is 66.1 cm³/mol. The summed E-state index contributed by atoms with van der Waals surface area (Å²) in [6.45, 7) is 3.98. The quantitative estimate of drug-likeness (QED) is 0.879. The van der Waals surface area contributed by atoms with Crippen molar-refractivity contribution in [1.82, 2.24) is 4.98 Å². The first kappa shape index (κ1) is 11.6. The third-order valence-electron chi connectivity index (χ3n) is 2.71. The molecule has 0 aliphatic heterocycles. The highest BCUT2D eigenvalue weighted by Gasteiger charge is 2.04. The molecule has 17 heavy (non-hydrogen) atoms. The largest absolute Gasteiger partial charge is 0.439 e. The molecule has 1 heterocycles. The summed E-state index contributed by atoms with van der Waals surface area (Å²) >= 11 is 0. The molecule has 88 valence electrons. The molecule has 0 unspecified atom stereocenters. The van der Waals surface area contributed by atoms with E-state index in [4.69, 9.17) is 9.84 Å². The fourth-order valence-electron chi connectivity index (χ4n) is 1.55. The van der Waals surface area contributed by atoms with Crippen LogP contribution in [0.2, 0.25) is 0 Å². The van der Waals surface area contributed by atoms with Crippen molar-refractivity contribution in [3.8, 4) is 11.6 Å². The van der Waals surface area contributed by atoms with E-state index in [1.165, 1.54) is 5.56 Å². The van der Waals surface area contributed by atoms with Crippen LogP contribution in [0.15, 0.2) is 36.4 Å². The molecule has 0 aliphatic carbocycles. The average molecular weight is 229 g/mol. The molecule has 1 aromatic carbocycles. The minimum atomic E-state index is -0.0794. The zero-order chi connectivity index (χ0) is 12.3. The third-order valence-corrected chi connectivity index (χ3v) is 2.71. The van der Waals surface area contributed by atoms with E-state index < -0.39 is 0 Å². The van der Waals surface area contributed by atoms with Crippen molar-refractivity contribution in [3.05, 3.63) is 53.2 Å². The van der Waals surface area contributed by atoms with E-state index in [9.17, 15) is 0 Å². The molecular weight excluding hydrogens is 214 g/mol. The molecule has 1 N–H and O–H groups in total. The number of pyridine rings is 1. The summed E-state index contributed by atoms with van der Waals surface area (Å²) in [4.78, 5) is 4.19. The molecule has 0 aliphatic rings. The average Bonchev–Trinajstić information content (AvgIpc) is 2.35. The van der Waals surface area contributed by atoms with E-state index in [-0.39, 0.29) is 6.61 Å². The summed E-state index contributed by atoms with van der Waals surface area (Å²) < 4.78 is 5.71. The van der Waals surface area contributed by atoms with Gasteiger partial charge in [0.25, 0.3) is 0 Å². The van der Waals surface area contributed by atoms with Crippen LogP contribution in [0.1, 0.15) is 16.8 Å². The van der Waals surface area contributed by atoms with E-state index in [1.807, 2.05) is 38.1 Å². The highest BCUT2D eigenvalue weighted by atomic mass is 16.5. The number of aliphatic hydroxyl groups is 1. The molecule has 2 aromatic rings. The smallest absolute Gasteiger partial charge is 0.219 e. The van der Waals surface area contributed by atoms with Crippen LogP contribution in [0.5, 0.6) is 11.6 Å². The minimum absolute atomic E-state index is 0.0794. The number of ether oxygens (including phenoxy) is 1. The van der Waals surface area contributed by atoms with E-state index in [1.54, 1.807) is 12.1 Å². The molecule has 0 bridgehead atoms. The monoisotopic (exact) mass is 229 g/mol. The number of nitrogens with zero attached hydrogens (tertiary/aromatic N) is 1. The highest BCUT2D eigenvalue weighted by molar-refractivity contribution is 5.40. The number of hydrogen-bond donors (Lipinski definition) is 1. The first-order valence-corrected chi connectivity index (χ1v) is 5.51. The Bertz CT molecular complexity index is 523. The number of rotatable bonds is 3. The van der Waals surface area contributed by atoms with E-state index in [2.05, 4.69) is 4.98 Å². The first-order chi connectivity index (χ1) is 8.20. The highest BCUT2D eigenvalue weighted by Crippen LogP contribution is 2.25. The number of benzene rings is 1. The van der Waals surface area contributed by atoms with Crippen molar-refractivity contribution in [2.45, 2.75) is 20.5 Å². The van der Waals surface area contributed by atoms with Crippen LogP contribution in [-0.2, 0) is 6.61 Å². The van der Waals surface area contributed by atoms with Crippen LogP contribution in [0.3, 0.4) is 0 Å². The predicted octanol–water partition coefficient (Wildman–Crippen LogP) is 2.98. The fourth-order valence-corrected chi connectivity index (χ4v) is 1.55. The molecule has 3 nitrogen and oxygen atoms in total. The Balaban J connectivity index is 2.28. The Kier molecular flexibility index (Phi) is 3.40. The molecule has 0 atom stereocenters. The Morgan fingerprint density at radius 1 is 1.12 bits per heavy atom. The number of hydrogen-bond acceptors (Lipinski definition) is 3. The second kappa shape index (κ2) is 4.97. The lowest BCUT2D eigenvalue weighted by atomic mass is 10.1. The summed E-state index contributed by atoms with van der Waals surface area (Å²) in [5.41, 5.74) is 2.89. The summed E-state index contributed by atoms with van der Waals surface area (Å²) in [5, 5.41) is 9.01. The molecule has 0 fully saturated rings. The van der Waals surface area contributed by atoms with Crippen LogP contribution < -0.4 is 4.74 Å². The second-order valence-corrected chi connectivity index (χ2v) is 3.93. The maximum Gasteiger partial charge on any atom is 0.219 e. The van der Waals surface area contributed by atoms with Crippen LogP contribution in [0, 0.1) is 13.8 Å². The summed E-state index contributed by atoms with van der Waals surface area (Å²) in [6.07, 6.45) is 0. The van der Waals surface area contributed by atoms with Gasteiger partial charge in [-0.1, -0.05) is 18.2 Å². The molecule has 0 saturated heterocycles. The van der Waals surface area contributed by atoms with Gasteiger partial charge < -0.3 is 9.84 Å². The maximum atomic E-state index is 9.01. The topological polar surface area (TPSA) is 42.4 Å².